The maximum atomic E-state index is 11.9. The summed E-state index contributed by atoms with van der Waals surface area (Å²) in [5.41, 5.74) is 3.22. The van der Waals surface area contributed by atoms with Crippen LogP contribution in [-0.2, 0) is 16.1 Å². The number of likely N-dealkylation sites (N-methyl/N-ethyl adjacent to an activating group) is 1. The number of amides is 1. The van der Waals surface area contributed by atoms with Crippen LogP contribution in [0.5, 0.6) is 0 Å². The van der Waals surface area contributed by atoms with Gasteiger partial charge in [-0.15, -0.1) is 0 Å². The highest BCUT2D eigenvalue weighted by Crippen LogP contribution is 2.10. The normalized spacial score (nSPS) is 18.2. The van der Waals surface area contributed by atoms with E-state index in [1.807, 2.05) is 18.9 Å². The van der Waals surface area contributed by atoms with E-state index in [-0.39, 0.29) is 12.0 Å². The number of hydrogen-bond donors (Lipinski definition) is 1. The van der Waals surface area contributed by atoms with Crippen LogP contribution in [0, 0.1) is 13.8 Å². The number of pyridine rings is 1. The van der Waals surface area contributed by atoms with Crippen molar-refractivity contribution in [3.63, 3.8) is 0 Å². The smallest absolute Gasteiger partial charge is 0.234 e. The number of nitrogens with one attached hydrogen (secondary N) is 1. The Hall–Kier alpha value is -1.46. The van der Waals surface area contributed by atoms with Crippen molar-refractivity contribution < 1.29 is 9.53 Å². The maximum Gasteiger partial charge on any atom is 0.234 e. The summed E-state index contributed by atoms with van der Waals surface area (Å²) < 4.78 is 5.49. The molecule has 21 heavy (non-hydrogen) atoms. The summed E-state index contributed by atoms with van der Waals surface area (Å²) >= 11 is 0. The molecule has 1 fully saturated rings. The highest BCUT2D eigenvalue weighted by molar-refractivity contribution is 5.77. The molecule has 0 aliphatic carbocycles. The number of hydrogen-bond acceptors (Lipinski definition) is 4. The molecule has 1 unspecified atom stereocenters. The summed E-state index contributed by atoms with van der Waals surface area (Å²) in [7, 11) is 1.94. The van der Waals surface area contributed by atoms with Crippen LogP contribution < -0.4 is 5.32 Å². The molecule has 1 aliphatic heterocycles. The highest BCUT2D eigenvalue weighted by Gasteiger charge is 2.16. The molecule has 5 nitrogen and oxygen atoms in total. The summed E-state index contributed by atoms with van der Waals surface area (Å²) in [5.74, 6) is 0.0392. The molecular weight excluding hydrogens is 266 g/mol. The van der Waals surface area contributed by atoms with Crippen LogP contribution in [0.25, 0.3) is 0 Å². The second-order valence-corrected chi connectivity index (χ2v) is 5.89. The van der Waals surface area contributed by atoms with E-state index in [0.717, 1.165) is 30.8 Å². The summed E-state index contributed by atoms with van der Waals surface area (Å²) in [5, 5.41) is 2.94. The van der Waals surface area contributed by atoms with Gasteiger partial charge in [-0.25, -0.2) is 0 Å². The number of nitrogens with zero attached hydrogens (tertiary/aromatic N) is 2. The van der Waals surface area contributed by atoms with Gasteiger partial charge in [-0.1, -0.05) is 0 Å². The molecule has 2 heterocycles. The second kappa shape index (κ2) is 7.52. The van der Waals surface area contributed by atoms with Crippen LogP contribution in [0.3, 0.4) is 0 Å². The molecule has 0 spiro atoms. The molecule has 1 aromatic rings. The average molecular weight is 291 g/mol. The molecule has 2 rings (SSSR count). The van der Waals surface area contributed by atoms with Gasteiger partial charge in [0.25, 0.3) is 0 Å². The van der Waals surface area contributed by atoms with E-state index in [1.165, 1.54) is 5.56 Å². The number of carbonyl (C=O) groups excluding carboxylic acids is 1. The van der Waals surface area contributed by atoms with Gasteiger partial charge >= 0.3 is 0 Å². The lowest BCUT2D eigenvalue weighted by molar-refractivity contribution is -0.122. The molecule has 1 aromatic heterocycles. The van der Waals surface area contributed by atoms with Crippen molar-refractivity contribution in [2.75, 3.05) is 26.7 Å². The fraction of sp³-hybridized carbons (Fsp3) is 0.625. The zero-order chi connectivity index (χ0) is 15.2. The third-order valence-corrected chi connectivity index (χ3v) is 3.55. The van der Waals surface area contributed by atoms with Crippen molar-refractivity contribution in [3.05, 3.63) is 29.1 Å². The molecule has 1 saturated heterocycles. The van der Waals surface area contributed by atoms with Crippen molar-refractivity contribution in [2.24, 2.45) is 0 Å². The van der Waals surface area contributed by atoms with Crippen LogP contribution in [-0.4, -0.2) is 48.6 Å². The Morgan fingerprint density at radius 2 is 2.29 bits per heavy atom. The summed E-state index contributed by atoms with van der Waals surface area (Å²) in [6.07, 6.45) is 2.34. The van der Waals surface area contributed by atoms with Crippen molar-refractivity contribution in [2.45, 2.75) is 39.3 Å². The van der Waals surface area contributed by atoms with E-state index in [9.17, 15) is 4.79 Å². The number of aromatic nitrogens is 1. The first kappa shape index (κ1) is 15.9. The van der Waals surface area contributed by atoms with Crippen molar-refractivity contribution >= 4 is 5.91 Å². The van der Waals surface area contributed by atoms with E-state index in [0.29, 0.717) is 19.6 Å². The lowest BCUT2D eigenvalue weighted by Gasteiger charge is -2.17. The summed E-state index contributed by atoms with van der Waals surface area (Å²) in [4.78, 5) is 18.4. The number of aryl methyl sites for hydroxylation is 2. The van der Waals surface area contributed by atoms with Gasteiger partial charge in [-0.3, -0.25) is 14.7 Å². The number of carbonyl (C=O) groups is 1. The Balaban J connectivity index is 1.75. The van der Waals surface area contributed by atoms with Crippen LogP contribution >= 0.6 is 0 Å². The van der Waals surface area contributed by atoms with Gasteiger partial charge in [0.15, 0.2) is 0 Å². The van der Waals surface area contributed by atoms with Crippen LogP contribution in [0.2, 0.25) is 0 Å². The molecule has 1 aliphatic rings. The van der Waals surface area contributed by atoms with Gasteiger partial charge in [-0.05, 0) is 51.4 Å². The van der Waals surface area contributed by atoms with Crippen molar-refractivity contribution in [1.82, 2.24) is 15.2 Å². The Morgan fingerprint density at radius 3 is 2.95 bits per heavy atom. The van der Waals surface area contributed by atoms with Gasteiger partial charge in [0, 0.05) is 25.4 Å². The van der Waals surface area contributed by atoms with Crippen LogP contribution in [0.4, 0.5) is 0 Å². The lowest BCUT2D eigenvalue weighted by Crippen LogP contribution is -2.38. The van der Waals surface area contributed by atoms with E-state index in [4.69, 9.17) is 4.74 Å². The standard InChI is InChI=1S/C16H25N3O2/c1-12-7-13(2)18-14(8-12)10-19(3)11-16(20)17-9-15-5-4-6-21-15/h7-8,15H,4-6,9-11H2,1-3H3,(H,17,20). The van der Waals surface area contributed by atoms with E-state index in [2.05, 4.69) is 29.4 Å². The first-order valence-electron chi connectivity index (χ1n) is 7.54. The topological polar surface area (TPSA) is 54.5 Å². The Morgan fingerprint density at radius 1 is 1.48 bits per heavy atom. The quantitative estimate of drug-likeness (QED) is 0.861. The minimum atomic E-state index is 0.0392. The van der Waals surface area contributed by atoms with E-state index >= 15 is 0 Å². The molecule has 1 atom stereocenters. The Kier molecular flexibility index (Phi) is 5.70. The van der Waals surface area contributed by atoms with Crippen LogP contribution in [0.15, 0.2) is 12.1 Å². The SMILES string of the molecule is Cc1cc(C)nc(CN(C)CC(=O)NCC2CCCO2)c1. The molecule has 1 N–H and O–H groups in total. The van der Waals surface area contributed by atoms with Crippen molar-refractivity contribution in [1.29, 1.82) is 0 Å². The first-order chi connectivity index (χ1) is 10.0. The lowest BCUT2D eigenvalue weighted by atomic mass is 10.2. The predicted molar refractivity (Wildman–Crippen MR) is 82.0 cm³/mol. The molecule has 116 valence electrons. The monoisotopic (exact) mass is 291 g/mol. The molecule has 0 aromatic carbocycles. The number of ether oxygens (including phenoxy) is 1. The first-order valence-corrected chi connectivity index (χ1v) is 7.54. The zero-order valence-corrected chi connectivity index (χ0v) is 13.2. The summed E-state index contributed by atoms with van der Waals surface area (Å²) in [6.45, 7) is 6.54. The van der Waals surface area contributed by atoms with Crippen molar-refractivity contribution in [3.8, 4) is 0 Å². The third-order valence-electron chi connectivity index (χ3n) is 3.55. The van der Waals surface area contributed by atoms with Gasteiger partial charge in [0.2, 0.25) is 5.91 Å². The minimum absolute atomic E-state index is 0.0392. The maximum absolute atomic E-state index is 11.9. The van der Waals surface area contributed by atoms with E-state index in [1.54, 1.807) is 0 Å². The summed E-state index contributed by atoms with van der Waals surface area (Å²) in [6, 6.07) is 4.12. The van der Waals surface area contributed by atoms with Gasteiger partial charge < -0.3 is 10.1 Å². The fourth-order valence-electron chi connectivity index (χ4n) is 2.67. The van der Waals surface area contributed by atoms with Gasteiger partial charge in [0.05, 0.1) is 18.3 Å². The largest absolute Gasteiger partial charge is 0.376 e. The molecular formula is C16H25N3O2. The Labute approximate surface area is 126 Å². The molecule has 5 heteroatoms. The van der Waals surface area contributed by atoms with Gasteiger partial charge in [0.1, 0.15) is 0 Å². The second-order valence-electron chi connectivity index (χ2n) is 5.89. The molecule has 0 bridgehead atoms. The predicted octanol–water partition coefficient (Wildman–Crippen LogP) is 1.43. The molecule has 0 saturated carbocycles. The highest BCUT2D eigenvalue weighted by atomic mass is 16.5. The molecule has 1 amide bonds. The fourth-order valence-corrected chi connectivity index (χ4v) is 2.67. The zero-order valence-electron chi connectivity index (χ0n) is 13.2. The minimum Gasteiger partial charge on any atom is -0.376 e. The third kappa shape index (κ3) is 5.44. The Bertz CT molecular complexity index is 464. The number of rotatable bonds is 6. The molecule has 0 radical (unpaired) electrons. The van der Waals surface area contributed by atoms with Gasteiger partial charge in [-0.2, -0.15) is 0 Å². The van der Waals surface area contributed by atoms with Crippen LogP contribution in [0.1, 0.15) is 29.8 Å². The van der Waals surface area contributed by atoms with E-state index < -0.39 is 0 Å². The average Bonchev–Trinajstić information content (AvgIpc) is 2.87.